The van der Waals surface area contributed by atoms with Gasteiger partial charge in [-0.25, -0.2) is 0 Å². The molecule has 0 radical (unpaired) electrons. The molecule has 112 valence electrons. The van der Waals surface area contributed by atoms with Gasteiger partial charge in [-0.05, 0) is 50.4 Å². The minimum absolute atomic E-state index is 0.410. The standard InChI is InChI=1S/C9H14O2.C7H8.C2H6/c10-9(11)5-6-3-7-1-2-8(7)4-6;1-7-5-3-2-4-6-7;1-2/h6-8H,1-5H2,(H,10,11);2-6H,1H3;1-2H3. The minimum atomic E-state index is -0.615. The number of carbonyl (C=O) groups is 1. The van der Waals surface area contributed by atoms with Crippen molar-refractivity contribution in [3.63, 3.8) is 0 Å². The first-order chi connectivity index (χ1) is 9.65. The second-order valence-electron chi connectivity index (χ2n) is 5.69. The van der Waals surface area contributed by atoms with Gasteiger partial charge in [-0.2, -0.15) is 0 Å². The smallest absolute Gasteiger partial charge is 0.303 e. The summed E-state index contributed by atoms with van der Waals surface area (Å²) in [6.07, 6.45) is 5.52. The molecule has 0 saturated heterocycles. The molecule has 2 atom stereocenters. The lowest BCUT2D eigenvalue weighted by Gasteiger charge is -2.29. The molecule has 0 bridgehead atoms. The molecule has 2 unspecified atom stereocenters. The van der Waals surface area contributed by atoms with E-state index in [0.717, 1.165) is 11.8 Å². The summed E-state index contributed by atoms with van der Waals surface area (Å²) in [4.78, 5) is 10.4. The van der Waals surface area contributed by atoms with E-state index in [1.807, 2.05) is 32.0 Å². The maximum absolute atomic E-state index is 10.4. The summed E-state index contributed by atoms with van der Waals surface area (Å²) < 4.78 is 0. The highest BCUT2D eigenvalue weighted by Gasteiger charge is 2.40. The molecule has 0 amide bonds. The molecule has 0 heterocycles. The summed E-state index contributed by atoms with van der Waals surface area (Å²) in [5.41, 5.74) is 1.32. The van der Waals surface area contributed by atoms with E-state index in [0.29, 0.717) is 12.3 Å². The molecule has 3 rings (SSSR count). The number of aliphatic carboxylic acids is 1. The third-order valence-corrected chi connectivity index (χ3v) is 4.25. The van der Waals surface area contributed by atoms with Crippen molar-refractivity contribution < 1.29 is 9.90 Å². The van der Waals surface area contributed by atoms with E-state index in [9.17, 15) is 4.79 Å². The van der Waals surface area contributed by atoms with Crippen LogP contribution in [-0.2, 0) is 4.79 Å². The van der Waals surface area contributed by atoms with Gasteiger partial charge in [0.25, 0.3) is 0 Å². The molecular formula is C18H28O2. The summed E-state index contributed by atoms with van der Waals surface area (Å²) in [5.74, 6) is 1.69. The summed E-state index contributed by atoms with van der Waals surface area (Å²) in [7, 11) is 0. The first-order valence-corrected chi connectivity index (χ1v) is 7.88. The molecule has 20 heavy (non-hydrogen) atoms. The van der Waals surface area contributed by atoms with Crippen LogP contribution in [0, 0.1) is 24.7 Å². The second kappa shape index (κ2) is 8.78. The second-order valence-corrected chi connectivity index (χ2v) is 5.69. The van der Waals surface area contributed by atoms with Gasteiger partial charge in [-0.15, -0.1) is 0 Å². The molecule has 1 aromatic rings. The number of rotatable bonds is 2. The zero-order chi connectivity index (χ0) is 15.0. The van der Waals surface area contributed by atoms with Crippen molar-refractivity contribution in [3.05, 3.63) is 35.9 Å². The highest BCUT2D eigenvalue weighted by molar-refractivity contribution is 5.67. The van der Waals surface area contributed by atoms with Crippen LogP contribution in [0.1, 0.15) is 51.5 Å². The van der Waals surface area contributed by atoms with Gasteiger partial charge < -0.3 is 5.11 Å². The fourth-order valence-corrected chi connectivity index (χ4v) is 3.16. The van der Waals surface area contributed by atoms with Crippen LogP contribution in [0.3, 0.4) is 0 Å². The van der Waals surface area contributed by atoms with E-state index >= 15 is 0 Å². The molecule has 2 fully saturated rings. The topological polar surface area (TPSA) is 37.3 Å². The van der Waals surface area contributed by atoms with Crippen LogP contribution in [0.2, 0.25) is 0 Å². The van der Waals surface area contributed by atoms with Gasteiger partial charge >= 0.3 is 5.97 Å². The Labute approximate surface area is 123 Å². The third-order valence-electron chi connectivity index (χ3n) is 4.25. The SMILES string of the molecule is CC.Cc1ccccc1.O=C(O)CC1CC2CCC2C1. The van der Waals surface area contributed by atoms with Gasteiger partial charge in [0.15, 0.2) is 0 Å². The first-order valence-electron chi connectivity index (χ1n) is 7.88. The van der Waals surface area contributed by atoms with Crippen LogP contribution in [0.5, 0.6) is 0 Å². The van der Waals surface area contributed by atoms with Crippen molar-refractivity contribution in [2.24, 2.45) is 17.8 Å². The van der Waals surface area contributed by atoms with Gasteiger partial charge in [0.2, 0.25) is 0 Å². The summed E-state index contributed by atoms with van der Waals surface area (Å²) in [6.45, 7) is 6.08. The monoisotopic (exact) mass is 276 g/mol. The quantitative estimate of drug-likeness (QED) is 0.832. The molecule has 1 aromatic carbocycles. The first kappa shape index (κ1) is 16.7. The van der Waals surface area contributed by atoms with Gasteiger partial charge in [-0.3, -0.25) is 4.79 Å². The Kier molecular flexibility index (Phi) is 7.35. The van der Waals surface area contributed by atoms with E-state index in [4.69, 9.17) is 5.11 Å². The Bertz CT molecular complexity index is 374. The van der Waals surface area contributed by atoms with E-state index in [1.54, 1.807) is 0 Å². The van der Waals surface area contributed by atoms with Gasteiger partial charge in [0.1, 0.15) is 0 Å². The lowest BCUT2D eigenvalue weighted by atomic mass is 9.77. The van der Waals surface area contributed by atoms with Crippen LogP contribution in [0.25, 0.3) is 0 Å². The van der Waals surface area contributed by atoms with Gasteiger partial charge in [0.05, 0.1) is 0 Å². The van der Waals surface area contributed by atoms with E-state index in [1.165, 1.54) is 31.2 Å². The van der Waals surface area contributed by atoms with Crippen molar-refractivity contribution in [1.29, 1.82) is 0 Å². The van der Waals surface area contributed by atoms with Crippen molar-refractivity contribution in [3.8, 4) is 0 Å². The van der Waals surface area contributed by atoms with Crippen LogP contribution >= 0.6 is 0 Å². The predicted octanol–water partition coefficient (Wildman–Crippen LogP) is 4.92. The molecule has 0 aliphatic heterocycles. The third kappa shape index (κ3) is 5.36. The van der Waals surface area contributed by atoms with Crippen molar-refractivity contribution in [2.45, 2.75) is 52.9 Å². The minimum Gasteiger partial charge on any atom is -0.481 e. The zero-order valence-electron chi connectivity index (χ0n) is 13.0. The molecule has 0 aromatic heterocycles. The van der Waals surface area contributed by atoms with Crippen LogP contribution in [0.4, 0.5) is 0 Å². The average molecular weight is 276 g/mol. The molecule has 2 aliphatic carbocycles. The lowest BCUT2D eigenvalue weighted by molar-refractivity contribution is -0.138. The number of carboxylic acid groups (broad SMARTS) is 1. The zero-order valence-corrected chi connectivity index (χ0v) is 13.0. The fraction of sp³-hybridized carbons (Fsp3) is 0.611. The molecule has 2 aliphatic rings. The van der Waals surface area contributed by atoms with Gasteiger partial charge in [-0.1, -0.05) is 49.7 Å². The number of hydrogen-bond acceptors (Lipinski definition) is 1. The highest BCUT2D eigenvalue weighted by atomic mass is 16.4. The molecule has 2 saturated carbocycles. The predicted molar refractivity (Wildman–Crippen MR) is 83.7 cm³/mol. The summed E-state index contributed by atoms with van der Waals surface area (Å²) >= 11 is 0. The fourth-order valence-electron chi connectivity index (χ4n) is 3.16. The van der Waals surface area contributed by atoms with Crippen LogP contribution in [-0.4, -0.2) is 11.1 Å². The Morgan fingerprint density at radius 3 is 1.90 bits per heavy atom. The van der Waals surface area contributed by atoms with E-state index < -0.39 is 5.97 Å². The maximum atomic E-state index is 10.4. The number of carboxylic acids is 1. The Morgan fingerprint density at radius 2 is 1.60 bits per heavy atom. The Hall–Kier alpha value is -1.31. The van der Waals surface area contributed by atoms with Crippen LogP contribution in [0.15, 0.2) is 30.3 Å². The molecular weight excluding hydrogens is 248 g/mol. The summed E-state index contributed by atoms with van der Waals surface area (Å²) in [5, 5.41) is 8.57. The molecule has 0 spiro atoms. The molecule has 2 heteroatoms. The number of benzene rings is 1. The average Bonchev–Trinajstić information content (AvgIpc) is 2.69. The van der Waals surface area contributed by atoms with E-state index in [2.05, 4.69) is 19.1 Å². The lowest BCUT2D eigenvalue weighted by Crippen LogP contribution is -2.18. The maximum Gasteiger partial charge on any atom is 0.303 e. The Balaban J connectivity index is 0.000000193. The van der Waals surface area contributed by atoms with Crippen molar-refractivity contribution in [2.75, 3.05) is 0 Å². The normalized spacial score (nSPS) is 26.1. The number of aryl methyl sites for hydroxylation is 1. The van der Waals surface area contributed by atoms with Crippen molar-refractivity contribution in [1.82, 2.24) is 0 Å². The molecule has 2 nitrogen and oxygen atoms in total. The number of hydrogen-bond donors (Lipinski definition) is 1. The highest BCUT2D eigenvalue weighted by Crippen LogP contribution is 2.50. The van der Waals surface area contributed by atoms with Crippen molar-refractivity contribution >= 4 is 5.97 Å². The van der Waals surface area contributed by atoms with E-state index in [-0.39, 0.29) is 0 Å². The van der Waals surface area contributed by atoms with Gasteiger partial charge in [0, 0.05) is 6.42 Å². The molecule has 1 N–H and O–H groups in total. The largest absolute Gasteiger partial charge is 0.481 e. The summed E-state index contributed by atoms with van der Waals surface area (Å²) in [6, 6.07) is 10.3. The number of fused-ring (bicyclic) bond motifs is 1. The Morgan fingerprint density at radius 1 is 1.10 bits per heavy atom. The van der Waals surface area contributed by atoms with Crippen LogP contribution < -0.4 is 0 Å².